The van der Waals surface area contributed by atoms with Crippen LogP contribution >= 0.6 is 0 Å². The summed E-state index contributed by atoms with van der Waals surface area (Å²) in [5.41, 5.74) is 0.452. The SMILES string of the molecule is C[C@H](OC(=O)CN1C(=O)CN(C)C1=O)C(=O)Nc1ccc2c(c1)OCO2. The number of amides is 4. The average molecular weight is 363 g/mol. The van der Waals surface area contributed by atoms with Gasteiger partial charge in [0.05, 0.1) is 0 Å². The van der Waals surface area contributed by atoms with Gasteiger partial charge in [0.25, 0.3) is 11.8 Å². The zero-order valence-corrected chi connectivity index (χ0v) is 14.2. The van der Waals surface area contributed by atoms with Gasteiger partial charge in [-0.25, -0.2) is 4.79 Å². The topological polar surface area (TPSA) is 114 Å². The second kappa shape index (κ2) is 6.90. The van der Waals surface area contributed by atoms with Crippen LogP contribution in [-0.4, -0.2) is 66.6 Å². The molecule has 2 heterocycles. The monoisotopic (exact) mass is 363 g/mol. The van der Waals surface area contributed by atoms with Gasteiger partial charge in [0.1, 0.15) is 13.1 Å². The standard InChI is InChI=1S/C16H17N3O7/c1-9(26-14(21)7-19-13(20)6-18(2)16(19)23)15(22)17-10-3-4-11-12(5-10)25-8-24-11/h3-5,9H,6-8H2,1-2H3,(H,17,22)/t9-/m0/s1. The molecule has 0 aromatic heterocycles. The van der Waals surface area contributed by atoms with Gasteiger partial charge in [0, 0.05) is 18.8 Å². The molecule has 1 saturated heterocycles. The highest BCUT2D eigenvalue weighted by atomic mass is 16.7. The summed E-state index contributed by atoms with van der Waals surface area (Å²) >= 11 is 0. The molecule has 0 saturated carbocycles. The molecule has 10 nitrogen and oxygen atoms in total. The Morgan fingerprint density at radius 3 is 2.69 bits per heavy atom. The highest BCUT2D eigenvalue weighted by Crippen LogP contribution is 2.34. The summed E-state index contributed by atoms with van der Waals surface area (Å²) in [4.78, 5) is 49.4. The fourth-order valence-corrected chi connectivity index (χ4v) is 2.46. The lowest BCUT2D eigenvalue weighted by molar-refractivity contribution is -0.154. The number of carbonyl (C=O) groups excluding carboxylic acids is 4. The van der Waals surface area contributed by atoms with E-state index in [1.807, 2.05) is 0 Å². The van der Waals surface area contributed by atoms with Crippen LogP contribution in [0.2, 0.25) is 0 Å². The van der Waals surface area contributed by atoms with Gasteiger partial charge in [0.15, 0.2) is 17.6 Å². The number of rotatable bonds is 5. The molecule has 3 rings (SSSR count). The molecule has 2 aliphatic heterocycles. The van der Waals surface area contributed by atoms with E-state index in [9.17, 15) is 19.2 Å². The Balaban J connectivity index is 1.53. The summed E-state index contributed by atoms with van der Waals surface area (Å²) in [7, 11) is 1.45. The molecule has 4 amide bonds. The Labute approximate surface area is 148 Å². The first-order valence-corrected chi connectivity index (χ1v) is 7.80. The molecular formula is C16H17N3O7. The van der Waals surface area contributed by atoms with E-state index < -0.39 is 36.5 Å². The van der Waals surface area contributed by atoms with Gasteiger partial charge in [-0.05, 0) is 19.1 Å². The summed E-state index contributed by atoms with van der Waals surface area (Å²) < 4.78 is 15.4. The molecule has 2 aliphatic rings. The van der Waals surface area contributed by atoms with E-state index in [0.717, 1.165) is 4.90 Å². The minimum Gasteiger partial charge on any atom is -0.454 e. The van der Waals surface area contributed by atoms with Crippen LogP contribution in [0.3, 0.4) is 0 Å². The first kappa shape index (κ1) is 17.5. The van der Waals surface area contributed by atoms with Crippen LogP contribution < -0.4 is 14.8 Å². The van der Waals surface area contributed by atoms with Crippen LogP contribution in [0.4, 0.5) is 10.5 Å². The van der Waals surface area contributed by atoms with Gasteiger partial charge in [-0.3, -0.25) is 19.3 Å². The smallest absolute Gasteiger partial charge is 0.327 e. The molecule has 138 valence electrons. The van der Waals surface area contributed by atoms with Crippen molar-refractivity contribution in [2.45, 2.75) is 13.0 Å². The van der Waals surface area contributed by atoms with E-state index in [0.29, 0.717) is 17.2 Å². The lowest BCUT2D eigenvalue weighted by Gasteiger charge is -2.16. The highest BCUT2D eigenvalue weighted by molar-refractivity contribution is 6.04. The zero-order valence-electron chi connectivity index (χ0n) is 14.2. The van der Waals surface area contributed by atoms with Gasteiger partial charge >= 0.3 is 12.0 Å². The minimum absolute atomic E-state index is 0.0910. The van der Waals surface area contributed by atoms with Crippen LogP contribution in [0, 0.1) is 0 Å². The summed E-state index contributed by atoms with van der Waals surface area (Å²) in [6.07, 6.45) is -1.11. The number of hydrogen-bond donors (Lipinski definition) is 1. The van der Waals surface area contributed by atoms with Crippen molar-refractivity contribution < 1.29 is 33.4 Å². The summed E-state index contributed by atoms with van der Waals surface area (Å²) in [6.45, 7) is 0.875. The summed E-state index contributed by atoms with van der Waals surface area (Å²) in [6, 6.07) is 4.28. The van der Waals surface area contributed by atoms with Crippen molar-refractivity contribution in [2.24, 2.45) is 0 Å². The van der Waals surface area contributed by atoms with Crippen LogP contribution in [0.1, 0.15) is 6.92 Å². The van der Waals surface area contributed by atoms with E-state index in [1.54, 1.807) is 18.2 Å². The van der Waals surface area contributed by atoms with E-state index >= 15 is 0 Å². The molecule has 0 radical (unpaired) electrons. The normalized spacial score (nSPS) is 16.7. The lowest BCUT2D eigenvalue weighted by Crippen LogP contribution is -2.39. The van der Waals surface area contributed by atoms with Crippen molar-refractivity contribution in [1.29, 1.82) is 0 Å². The number of fused-ring (bicyclic) bond motifs is 1. The number of ether oxygens (including phenoxy) is 3. The molecule has 0 aliphatic carbocycles. The number of benzene rings is 1. The van der Waals surface area contributed by atoms with Crippen LogP contribution in [-0.2, 0) is 19.1 Å². The van der Waals surface area contributed by atoms with E-state index in [2.05, 4.69) is 5.32 Å². The van der Waals surface area contributed by atoms with Crippen LogP contribution in [0.5, 0.6) is 11.5 Å². The maximum atomic E-state index is 12.1. The zero-order chi connectivity index (χ0) is 18.8. The van der Waals surface area contributed by atoms with Gasteiger partial charge in [-0.2, -0.15) is 0 Å². The predicted octanol–water partition coefficient (Wildman–Crippen LogP) is 0.179. The molecule has 1 atom stereocenters. The second-order valence-electron chi connectivity index (χ2n) is 5.81. The van der Waals surface area contributed by atoms with Gasteiger partial charge in [-0.15, -0.1) is 0 Å². The molecule has 0 unspecified atom stereocenters. The maximum absolute atomic E-state index is 12.1. The molecule has 1 aromatic carbocycles. The Bertz CT molecular complexity index is 779. The third-order valence-electron chi connectivity index (χ3n) is 3.84. The van der Waals surface area contributed by atoms with Crippen molar-refractivity contribution >= 4 is 29.5 Å². The van der Waals surface area contributed by atoms with E-state index in [-0.39, 0.29) is 13.3 Å². The van der Waals surface area contributed by atoms with Gasteiger partial charge in [0.2, 0.25) is 6.79 Å². The highest BCUT2D eigenvalue weighted by Gasteiger charge is 2.35. The number of imide groups is 1. The second-order valence-corrected chi connectivity index (χ2v) is 5.81. The average Bonchev–Trinajstić information content (AvgIpc) is 3.14. The summed E-state index contributed by atoms with van der Waals surface area (Å²) in [5.74, 6) is -0.828. The minimum atomic E-state index is -1.11. The number of nitrogens with zero attached hydrogens (tertiary/aromatic N) is 2. The van der Waals surface area contributed by atoms with Crippen molar-refractivity contribution in [3.63, 3.8) is 0 Å². The third-order valence-corrected chi connectivity index (χ3v) is 3.84. The number of likely N-dealkylation sites (N-methyl/N-ethyl adjacent to an activating group) is 1. The molecular weight excluding hydrogens is 346 g/mol. The van der Waals surface area contributed by atoms with E-state index in [4.69, 9.17) is 14.2 Å². The number of nitrogens with one attached hydrogen (secondary N) is 1. The number of urea groups is 1. The van der Waals surface area contributed by atoms with Crippen LogP contribution in [0.25, 0.3) is 0 Å². The maximum Gasteiger partial charge on any atom is 0.327 e. The molecule has 0 spiro atoms. The van der Waals surface area contributed by atoms with Crippen LogP contribution in [0.15, 0.2) is 18.2 Å². The van der Waals surface area contributed by atoms with Crippen molar-refractivity contribution in [2.75, 3.05) is 32.2 Å². The van der Waals surface area contributed by atoms with Crippen molar-refractivity contribution in [3.8, 4) is 11.5 Å². The Hall–Kier alpha value is -3.30. The Kier molecular flexibility index (Phi) is 4.65. The number of anilines is 1. The fourth-order valence-electron chi connectivity index (χ4n) is 2.46. The number of esters is 1. The first-order valence-electron chi connectivity index (χ1n) is 7.80. The number of carbonyl (C=O) groups is 4. The first-order chi connectivity index (χ1) is 12.3. The molecule has 26 heavy (non-hydrogen) atoms. The molecule has 1 aromatic rings. The van der Waals surface area contributed by atoms with Gasteiger partial charge in [-0.1, -0.05) is 0 Å². The lowest BCUT2D eigenvalue weighted by atomic mass is 10.2. The molecule has 1 N–H and O–H groups in total. The molecule has 0 bridgehead atoms. The van der Waals surface area contributed by atoms with E-state index in [1.165, 1.54) is 18.9 Å². The fraction of sp³-hybridized carbons (Fsp3) is 0.375. The summed E-state index contributed by atoms with van der Waals surface area (Å²) in [5, 5.41) is 2.59. The molecule has 10 heteroatoms. The van der Waals surface area contributed by atoms with Crippen molar-refractivity contribution in [3.05, 3.63) is 18.2 Å². The third kappa shape index (κ3) is 3.53. The van der Waals surface area contributed by atoms with Crippen molar-refractivity contribution in [1.82, 2.24) is 9.80 Å². The number of hydrogen-bond acceptors (Lipinski definition) is 7. The predicted molar refractivity (Wildman–Crippen MR) is 86.5 cm³/mol. The largest absolute Gasteiger partial charge is 0.454 e. The Morgan fingerprint density at radius 1 is 1.27 bits per heavy atom. The Morgan fingerprint density at radius 2 is 2.00 bits per heavy atom. The quantitative estimate of drug-likeness (QED) is 0.586. The van der Waals surface area contributed by atoms with Gasteiger partial charge < -0.3 is 24.4 Å². The molecule has 1 fully saturated rings.